The summed E-state index contributed by atoms with van der Waals surface area (Å²) in [5, 5.41) is 3.65. The molecule has 1 aromatic heterocycles. The third-order valence-electron chi connectivity index (χ3n) is 3.83. The Balaban J connectivity index is 2.00. The van der Waals surface area contributed by atoms with Crippen LogP contribution in [-0.2, 0) is 6.42 Å². The quantitative estimate of drug-likeness (QED) is 0.865. The minimum absolute atomic E-state index is 0.495. The molecule has 1 aliphatic carbocycles. The van der Waals surface area contributed by atoms with Gasteiger partial charge in [-0.3, -0.25) is 4.98 Å². The summed E-state index contributed by atoms with van der Waals surface area (Å²) >= 11 is 1.81. The molecule has 3 heteroatoms. The Labute approximate surface area is 109 Å². The van der Waals surface area contributed by atoms with E-state index in [-0.39, 0.29) is 0 Å². The van der Waals surface area contributed by atoms with Crippen LogP contribution in [0, 0.1) is 5.41 Å². The van der Waals surface area contributed by atoms with Gasteiger partial charge in [-0.05, 0) is 24.7 Å². The van der Waals surface area contributed by atoms with Gasteiger partial charge in [0.25, 0.3) is 0 Å². The Morgan fingerprint density at radius 3 is 2.71 bits per heavy atom. The van der Waals surface area contributed by atoms with Crippen LogP contribution in [0.3, 0.4) is 0 Å². The first kappa shape index (κ1) is 13.0. The van der Waals surface area contributed by atoms with E-state index in [1.54, 1.807) is 0 Å². The number of hydrogen-bond donors (Lipinski definition) is 1. The van der Waals surface area contributed by atoms with Crippen molar-refractivity contribution >= 4 is 11.3 Å². The molecule has 0 aromatic carbocycles. The molecule has 1 aromatic rings. The van der Waals surface area contributed by atoms with Crippen molar-refractivity contribution in [2.75, 3.05) is 6.54 Å². The molecule has 1 saturated carbocycles. The van der Waals surface area contributed by atoms with Crippen LogP contribution < -0.4 is 5.32 Å². The van der Waals surface area contributed by atoms with Gasteiger partial charge in [0.05, 0.1) is 5.51 Å². The fraction of sp³-hybridized carbons (Fsp3) is 0.786. The molecule has 0 aliphatic heterocycles. The van der Waals surface area contributed by atoms with Crippen LogP contribution in [-0.4, -0.2) is 17.6 Å². The van der Waals surface area contributed by atoms with Crippen molar-refractivity contribution in [3.05, 3.63) is 16.6 Å². The molecule has 1 fully saturated rings. The van der Waals surface area contributed by atoms with Gasteiger partial charge in [0.15, 0.2) is 0 Å². The van der Waals surface area contributed by atoms with Crippen LogP contribution in [0.1, 0.15) is 50.8 Å². The lowest BCUT2D eigenvalue weighted by Crippen LogP contribution is -2.40. The first-order chi connectivity index (χ1) is 8.20. The van der Waals surface area contributed by atoms with E-state index >= 15 is 0 Å². The first-order valence-electron chi connectivity index (χ1n) is 6.81. The van der Waals surface area contributed by atoms with Crippen LogP contribution >= 0.6 is 11.3 Å². The normalized spacial score (nSPS) is 19.7. The third-order valence-corrected chi connectivity index (χ3v) is 4.61. The molecule has 0 amide bonds. The van der Waals surface area contributed by atoms with E-state index in [9.17, 15) is 0 Å². The van der Waals surface area contributed by atoms with Gasteiger partial charge >= 0.3 is 0 Å². The lowest BCUT2D eigenvalue weighted by atomic mass is 9.71. The summed E-state index contributed by atoms with van der Waals surface area (Å²) in [4.78, 5) is 5.67. The fourth-order valence-corrected chi connectivity index (χ4v) is 3.61. The van der Waals surface area contributed by atoms with Crippen LogP contribution in [0.15, 0.2) is 11.7 Å². The number of nitrogens with one attached hydrogen (secondary N) is 1. The maximum atomic E-state index is 4.21. The highest BCUT2D eigenvalue weighted by Gasteiger charge is 2.32. The summed E-state index contributed by atoms with van der Waals surface area (Å²) < 4.78 is 0. The molecule has 0 radical (unpaired) electrons. The second-order valence-electron chi connectivity index (χ2n) is 5.74. The molecule has 0 unspecified atom stereocenters. The molecule has 17 heavy (non-hydrogen) atoms. The maximum absolute atomic E-state index is 4.21. The topological polar surface area (TPSA) is 24.9 Å². The Hall–Kier alpha value is -0.410. The Morgan fingerprint density at radius 1 is 1.35 bits per heavy atom. The van der Waals surface area contributed by atoms with Crippen molar-refractivity contribution < 1.29 is 0 Å². The van der Waals surface area contributed by atoms with E-state index in [2.05, 4.69) is 30.3 Å². The van der Waals surface area contributed by atoms with E-state index in [0.29, 0.717) is 11.5 Å². The van der Waals surface area contributed by atoms with Crippen LogP contribution in [0.2, 0.25) is 0 Å². The summed E-state index contributed by atoms with van der Waals surface area (Å²) in [6.07, 6.45) is 10.3. The smallest absolute Gasteiger partial charge is 0.0794 e. The molecule has 1 aliphatic rings. The first-order valence-corrected chi connectivity index (χ1v) is 7.69. The van der Waals surface area contributed by atoms with Crippen LogP contribution in [0.4, 0.5) is 0 Å². The van der Waals surface area contributed by atoms with Crippen molar-refractivity contribution in [3.8, 4) is 0 Å². The van der Waals surface area contributed by atoms with Gasteiger partial charge in [-0.2, -0.15) is 0 Å². The van der Waals surface area contributed by atoms with Gasteiger partial charge in [-0.15, -0.1) is 11.3 Å². The monoisotopic (exact) mass is 252 g/mol. The molecule has 96 valence electrons. The second kappa shape index (κ2) is 5.96. The summed E-state index contributed by atoms with van der Waals surface area (Å²) in [7, 11) is 0. The highest BCUT2D eigenvalue weighted by Crippen LogP contribution is 2.39. The van der Waals surface area contributed by atoms with E-state index in [0.717, 1.165) is 0 Å². The molecule has 0 saturated heterocycles. The highest BCUT2D eigenvalue weighted by molar-refractivity contribution is 7.09. The van der Waals surface area contributed by atoms with Crippen LogP contribution in [0.5, 0.6) is 0 Å². The van der Waals surface area contributed by atoms with E-state index in [4.69, 9.17) is 0 Å². The van der Waals surface area contributed by atoms with Crippen molar-refractivity contribution in [1.82, 2.24) is 10.3 Å². The average molecular weight is 252 g/mol. The molecule has 2 nitrogen and oxygen atoms in total. The SMILES string of the molecule is CC(C)NCC1(Cc2cncs2)CCCCC1. The number of thiazole rings is 1. The Morgan fingerprint density at radius 2 is 2.12 bits per heavy atom. The minimum atomic E-state index is 0.495. The predicted molar refractivity (Wildman–Crippen MR) is 74.5 cm³/mol. The van der Waals surface area contributed by atoms with Gasteiger partial charge in [-0.1, -0.05) is 33.1 Å². The van der Waals surface area contributed by atoms with E-state index in [1.165, 1.54) is 49.9 Å². The summed E-state index contributed by atoms with van der Waals surface area (Å²) in [5.74, 6) is 0. The van der Waals surface area contributed by atoms with Gasteiger partial charge in [-0.25, -0.2) is 0 Å². The number of rotatable bonds is 5. The number of nitrogens with zero attached hydrogens (tertiary/aromatic N) is 1. The molecule has 0 atom stereocenters. The fourth-order valence-electron chi connectivity index (χ4n) is 2.84. The minimum Gasteiger partial charge on any atom is -0.314 e. The molecule has 1 N–H and O–H groups in total. The average Bonchev–Trinajstić information content (AvgIpc) is 2.80. The molecular formula is C14H24N2S. The van der Waals surface area contributed by atoms with Crippen molar-refractivity contribution in [2.24, 2.45) is 5.41 Å². The lowest BCUT2D eigenvalue weighted by molar-refractivity contribution is 0.177. The van der Waals surface area contributed by atoms with Crippen molar-refractivity contribution in [1.29, 1.82) is 0 Å². The molecule has 0 spiro atoms. The molecule has 1 heterocycles. The zero-order valence-electron chi connectivity index (χ0n) is 11.0. The largest absolute Gasteiger partial charge is 0.314 e. The van der Waals surface area contributed by atoms with Gasteiger partial charge in [0.2, 0.25) is 0 Å². The lowest BCUT2D eigenvalue weighted by Gasteiger charge is -2.38. The number of hydrogen-bond acceptors (Lipinski definition) is 3. The van der Waals surface area contributed by atoms with Crippen molar-refractivity contribution in [3.63, 3.8) is 0 Å². The van der Waals surface area contributed by atoms with Gasteiger partial charge in [0.1, 0.15) is 0 Å². The standard InChI is InChI=1S/C14H24N2S/c1-12(2)16-10-14(6-4-3-5-7-14)8-13-9-15-11-17-13/h9,11-12,16H,3-8,10H2,1-2H3. The molecular weight excluding hydrogens is 228 g/mol. The summed E-state index contributed by atoms with van der Waals surface area (Å²) in [5.41, 5.74) is 2.46. The maximum Gasteiger partial charge on any atom is 0.0794 e. The van der Waals surface area contributed by atoms with Crippen molar-refractivity contribution in [2.45, 2.75) is 58.4 Å². The molecule has 2 rings (SSSR count). The second-order valence-corrected chi connectivity index (χ2v) is 6.71. The highest BCUT2D eigenvalue weighted by atomic mass is 32.1. The van der Waals surface area contributed by atoms with E-state index in [1.807, 2.05) is 16.8 Å². The zero-order chi connectivity index (χ0) is 12.1. The third kappa shape index (κ3) is 3.78. The summed E-state index contributed by atoms with van der Waals surface area (Å²) in [6.45, 7) is 5.65. The van der Waals surface area contributed by atoms with Crippen LogP contribution in [0.25, 0.3) is 0 Å². The zero-order valence-corrected chi connectivity index (χ0v) is 11.9. The van der Waals surface area contributed by atoms with Gasteiger partial charge in [0, 0.05) is 23.7 Å². The van der Waals surface area contributed by atoms with Gasteiger partial charge < -0.3 is 5.32 Å². The molecule has 0 bridgehead atoms. The number of aromatic nitrogens is 1. The van der Waals surface area contributed by atoms with E-state index < -0.39 is 0 Å². The summed E-state index contributed by atoms with van der Waals surface area (Å²) in [6, 6.07) is 0.593. The Bertz CT molecular complexity index is 313. The predicted octanol–water partition coefficient (Wildman–Crippen LogP) is 3.63. The Kier molecular flexibility index (Phi) is 4.57.